The summed E-state index contributed by atoms with van der Waals surface area (Å²) in [5, 5.41) is 18.2. The molecule has 1 saturated carbocycles. The number of aromatic nitrogens is 3. The second-order valence-electron chi connectivity index (χ2n) is 11.1. The van der Waals surface area contributed by atoms with E-state index in [0.29, 0.717) is 47.3 Å². The predicted molar refractivity (Wildman–Crippen MR) is 163 cm³/mol. The van der Waals surface area contributed by atoms with Crippen LogP contribution in [0.1, 0.15) is 80.9 Å². The van der Waals surface area contributed by atoms with Gasteiger partial charge in [-0.2, -0.15) is 9.97 Å². The number of rotatable bonds is 12. The van der Waals surface area contributed by atoms with E-state index in [-0.39, 0.29) is 5.91 Å². The molecular weight excluding hydrogens is 514 g/mol. The molecular formula is C32H44N7O2+. The van der Waals surface area contributed by atoms with Crippen LogP contribution in [-0.2, 0) is 5.60 Å². The fraction of sp³-hybridized carbons (Fsp3) is 0.438. The van der Waals surface area contributed by atoms with Gasteiger partial charge in [0.2, 0.25) is 17.6 Å². The summed E-state index contributed by atoms with van der Waals surface area (Å²) in [6, 6.07) is 14.6. The molecule has 1 aliphatic rings. The van der Waals surface area contributed by atoms with Gasteiger partial charge in [0, 0.05) is 24.3 Å². The van der Waals surface area contributed by atoms with Crippen molar-refractivity contribution in [2.75, 3.05) is 25.0 Å². The number of quaternary nitrogens is 1. The average molecular weight is 559 g/mol. The second-order valence-corrected chi connectivity index (χ2v) is 11.1. The summed E-state index contributed by atoms with van der Waals surface area (Å²) in [5.41, 5.74) is 2.00. The molecule has 218 valence electrons. The van der Waals surface area contributed by atoms with Gasteiger partial charge in [0.25, 0.3) is 5.91 Å². The number of pyridine rings is 1. The minimum Gasteiger partial charge on any atom is -0.384 e. The topological polar surface area (TPSA) is 120 Å². The third kappa shape index (κ3) is 7.97. The fourth-order valence-corrected chi connectivity index (χ4v) is 5.49. The van der Waals surface area contributed by atoms with E-state index in [2.05, 4.69) is 75.2 Å². The van der Waals surface area contributed by atoms with Crippen LogP contribution < -0.4 is 16.0 Å². The molecule has 2 heterocycles. The molecule has 0 aliphatic heterocycles. The van der Waals surface area contributed by atoms with Gasteiger partial charge in [-0.25, -0.2) is 10.3 Å². The Morgan fingerprint density at radius 1 is 1.10 bits per heavy atom. The van der Waals surface area contributed by atoms with E-state index in [0.717, 1.165) is 18.8 Å². The number of carbonyl (C=O) groups excluding carboxylic acids is 1. The van der Waals surface area contributed by atoms with E-state index < -0.39 is 5.60 Å². The number of amides is 1. The van der Waals surface area contributed by atoms with Crippen molar-refractivity contribution in [1.82, 2.24) is 25.2 Å². The number of nitrogens with zero attached hydrogens (tertiary/aromatic N) is 4. The summed E-state index contributed by atoms with van der Waals surface area (Å²) in [5.74, 6) is 1.66. The first kappa shape index (κ1) is 30.3. The lowest BCUT2D eigenvalue weighted by atomic mass is 9.81. The van der Waals surface area contributed by atoms with Gasteiger partial charge in [0.1, 0.15) is 11.2 Å². The predicted octanol–water partition coefficient (Wildman–Crippen LogP) is 4.65. The third-order valence-electron chi connectivity index (χ3n) is 7.82. The highest BCUT2D eigenvalue weighted by atomic mass is 16.3. The molecule has 3 aromatic rings. The monoisotopic (exact) mass is 558 g/mol. The quantitative estimate of drug-likeness (QED) is 0.239. The first-order valence-electron chi connectivity index (χ1n) is 14.6. The summed E-state index contributed by atoms with van der Waals surface area (Å²) in [6.07, 6.45) is 8.07. The highest BCUT2D eigenvalue weighted by molar-refractivity contribution is 5.97. The van der Waals surface area contributed by atoms with Crippen molar-refractivity contribution in [2.45, 2.75) is 70.9 Å². The van der Waals surface area contributed by atoms with Crippen molar-refractivity contribution in [1.29, 1.82) is 0 Å². The molecule has 0 radical (unpaired) electrons. The standard InChI is InChI=1S/C32H43N7O2/c1-6-20-33-30(40)26-21-34-31(38-29(26)37-28-11-9-10-27(36-28)32(4,5)41)35-24-16-12-22(13-17-24)23-14-18-25(19-15-23)39(7-2)8-3/h6,9-13,16-17,21,23,25,41H,1,7-8,14-15,18-20H2,2-5H3,(H,33,40)(H2,34,35,36,37,38)/p+1. The van der Waals surface area contributed by atoms with Gasteiger partial charge < -0.3 is 20.6 Å². The highest BCUT2D eigenvalue weighted by Gasteiger charge is 2.26. The van der Waals surface area contributed by atoms with Crippen LogP contribution in [0.3, 0.4) is 0 Å². The zero-order valence-corrected chi connectivity index (χ0v) is 24.7. The number of nitrogens with one attached hydrogen (secondary N) is 2. The minimum atomic E-state index is -1.09. The van der Waals surface area contributed by atoms with E-state index in [1.165, 1.54) is 37.4 Å². The summed E-state index contributed by atoms with van der Waals surface area (Å²) in [6.45, 7) is 14.1. The molecule has 5 N–H and O–H groups in total. The van der Waals surface area contributed by atoms with E-state index in [9.17, 15) is 9.90 Å². The Kier molecular flexibility index (Phi) is 10.2. The second kappa shape index (κ2) is 13.8. The van der Waals surface area contributed by atoms with Crippen molar-refractivity contribution in [3.05, 3.63) is 78.1 Å². The summed E-state index contributed by atoms with van der Waals surface area (Å²) in [4.78, 5) is 29.1. The van der Waals surface area contributed by atoms with Gasteiger partial charge in [-0.05, 0) is 82.3 Å². The van der Waals surface area contributed by atoms with Crippen molar-refractivity contribution < 1.29 is 15.2 Å². The first-order chi connectivity index (χ1) is 19.7. The lowest BCUT2D eigenvalue weighted by Gasteiger charge is -2.36. The molecule has 1 aromatic carbocycles. The smallest absolute Gasteiger partial charge is 0.261 e. The van der Waals surface area contributed by atoms with Gasteiger partial charge >= 0.3 is 0 Å². The molecule has 0 unspecified atom stereocenters. The van der Waals surface area contributed by atoms with Crippen molar-refractivity contribution >= 4 is 29.2 Å². The Morgan fingerprint density at radius 3 is 2.44 bits per heavy atom. The van der Waals surface area contributed by atoms with Crippen molar-refractivity contribution in [3.63, 3.8) is 0 Å². The maximum atomic E-state index is 12.8. The van der Waals surface area contributed by atoms with Crippen LogP contribution in [-0.4, -0.2) is 56.5 Å². The van der Waals surface area contributed by atoms with Gasteiger partial charge in [0.15, 0.2) is 0 Å². The number of anilines is 2. The number of aliphatic hydroxyl groups is 1. The fourth-order valence-electron chi connectivity index (χ4n) is 5.49. The lowest BCUT2D eigenvalue weighted by Crippen LogP contribution is -2.73. The number of carbonyl (C=O) groups is 1. The Labute approximate surface area is 243 Å². The van der Waals surface area contributed by atoms with Crippen LogP contribution in [0.25, 0.3) is 0 Å². The van der Waals surface area contributed by atoms with E-state index >= 15 is 0 Å². The van der Waals surface area contributed by atoms with E-state index in [1.54, 1.807) is 31.3 Å². The molecule has 1 amide bonds. The zero-order chi connectivity index (χ0) is 29.4. The molecule has 0 saturated heterocycles. The van der Waals surface area contributed by atoms with Crippen LogP contribution in [0.2, 0.25) is 0 Å². The summed E-state index contributed by atoms with van der Waals surface area (Å²) < 4.78 is 0. The average Bonchev–Trinajstić information content (AvgIpc) is 2.97. The maximum Gasteiger partial charge on any atom is 0.261 e. The normalized spacial score (nSPS) is 17.3. The zero-order valence-electron chi connectivity index (χ0n) is 24.7. The Balaban J connectivity index is 1.49. The van der Waals surface area contributed by atoms with Gasteiger partial charge in [-0.3, -0.25) is 4.79 Å². The SMILES string of the molecule is C=CCNC(=O)c1cnc(Nc2ccc(C3CCC(N(CC)CC)CC3)cc2)nc1[NH2+]c1cccc(C(C)(C)O)n1. The number of hydrogen-bond donors (Lipinski definition) is 4. The maximum absolute atomic E-state index is 12.8. The van der Waals surface area contributed by atoms with Crippen LogP contribution in [0.15, 0.2) is 61.3 Å². The van der Waals surface area contributed by atoms with Crippen LogP contribution in [0, 0.1) is 0 Å². The Hall–Kier alpha value is -3.66. The molecule has 1 aliphatic carbocycles. The van der Waals surface area contributed by atoms with Gasteiger partial charge in [-0.15, -0.1) is 6.58 Å². The molecule has 41 heavy (non-hydrogen) atoms. The minimum absolute atomic E-state index is 0.304. The molecule has 0 bridgehead atoms. The number of hydrogen-bond acceptors (Lipinski definition) is 7. The first-order valence-corrected chi connectivity index (χ1v) is 14.6. The largest absolute Gasteiger partial charge is 0.384 e. The number of nitrogens with two attached hydrogens (primary N) is 1. The molecule has 1 fully saturated rings. The molecule has 0 atom stereocenters. The van der Waals surface area contributed by atoms with Gasteiger partial charge in [0.05, 0.1) is 11.9 Å². The summed E-state index contributed by atoms with van der Waals surface area (Å²) in [7, 11) is 0. The van der Waals surface area contributed by atoms with Crippen molar-refractivity contribution in [3.8, 4) is 0 Å². The molecule has 0 spiro atoms. The van der Waals surface area contributed by atoms with Crippen LogP contribution in [0.4, 0.5) is 23.3 Å². The van der Waals surface area contributed by atoms with Gasteiger partial charge in [-0.1, -0.05) is 38.1 Å². The third-order valence-corrected chi connectivity index (χ3v) is 7.82. The Morgan fingerprint density at radius 2 is 1.80 bits per heavy atom. The summed E-state index contributed by atoms with van der Waals surface area (Å²) >= 11 is 0. The molecule has 9 nitrogen and oxygen atoms in total. The van der Waals surface area contributed by atoms with E-state index in [1.807, 2.05) is 12.1 Å². The van der Waals surface area contributed by atoms with E-state index in [4.69, 9.17) is 0 Å². The molecule has 9 heteroatoms. The van der Waals surface area contributed by atoms with Crippen LogP contribution >= 0.6 is 0 Å². The Bertz CT molecular complexity index is 1310. The van der Waals surface area contributed by atoms with Crippen molar-refractivity contribution in [2.24, 2.45) is 0 Å². The number of benzene rings is 1. The molecule has 2 aromatic heterocycles. The molecule has 4 rings (SSSR count). The van der Waals surface area contributed by atoms with Crippen LogP contribution in [0.5, 0.6) is 0 Å². The highest BCUT2D eigenvalue weighted by Crippen LogP contribution is 2.35. The lowest BCUT2D eigenvalue weighted by molar-refractivity contribution is -0.487.